The molecule has 0 aliphatic carbocycles. The molecule has 1 aliphatic heterocycles. The zero-order valence-corrected chi connectivity index (χ0v) is 11.4. The van der Waals surface area contributed by atoms with Crippen LogP contribution in [0, 0.1) is 17.1 Å². The minimum absolute atomic E-state index is 0.181. The molecule has 0 unspecified atom stereocenters. The van der Waals surface area contributed by atoms with Crippen molar-refractivity contribution in [2.75, 3.05) is 10.6 Å². The van der Waals surface area contributed by atoms with E-state index in [1.54, 1.807) is 6.07 Å². The van der Waals surface area contributed by atoms with Crippen LogP contribution in [0.25, 0.3) is 0 Å². The summed E-state index contributed by atoms with van der Waals surface area (Å²) in [5.74, 6) is -1.16. The van der Waals surface area contributed by atoms with Crippen LogP contribution >= 0.6 is 11.3 Å². The van der Waals surface area contributed by atoms with Gasteiger partial charge in [-0.1, -0.05) is 6.07 Å². The summed E-state index contributed by atoms with van der Waals surface area (Å²) in [5.41, 5.74) is 0.882. The molecule has 3 rings (SSSR count). The summed E-state index contributed by atoms with van der Waals surface area (Å²) in [6.07, 6.45) is -0.224. The maximum atomic E-state index is 13.2. The van der Waals surface area contributed by atoms with E-state index in [2.05, 4.69) is 10.6 Å². The number of benzene rings is 1. The van der Waals surface area contributed by atoms with Gasteiger partial charge >= 0.3 is 0 Å². The Hall–Kier alpha value is -2.72. The normalized spacial score (nSPS) is 13.3. The lowest BCUT2D eigenvalue weighted by atomic mass is 10.1. The van der Waals surface area contributed by atoms with Crippen LogP contribution in [0.1, 0.15) is 21.7 Å². The van der Waals surface area contributed by atoms with Crippen molar-refractivity contribution in [3.8, 4) is 6.07 Å². The molecule has 2 heterocycles. The van der Waals surface area contributed by atoms with Gasteiger partial charge in [0.2, 0.25) is 5.91 Å². The summed E-state index contributed by atoms with van der Waals surface area (Å²) >= 11 is 1.08. The van der Waals surface area contributed by atoms with Gasteiger partial charge in [-0.25, -0.2) is 4.39 Å². The van der Waals surface area contributed by atoms with Gasteiger partial charge in [0.05, 0.1) is 17.0 Å². The fourth-order valence-corrected chi connectivity index (χ4v) is 3.11. The van der Waals surface area contributed by atoms with Crippen molar-refractivity contribution in [2.45, 2.75) is 6.42 Å². The van der Waals surface area contributed by atoms with Crippen molar-refractivity contribution >= 4 is 39.4 Å². The van der Waals surface area contributed by atoms with Gasteiger partial charge in [0.1, 0.15) is 22.5 Å². The molecule has 1 aliphatic rings. The molecular formula is C14H8FN3O2S. The van der Waals surface area contributed by atoms with Crippen LogP contribution < -0.4 is 10.6 Å². The molecular weight excluding hydrogens is 293 g/mol. The molecule has 2 N–H and O–H groups in total. The van der Waals surface area contributed by atoms with Crippen LogP contribution in [0.15, 0.2) is 24.3 Å². The monoisotopic (exact) mass is 301 g/mol. The van der Waals surface area contributed by atoms with Crippen molar-refractivity contribution in [1.29, 1.82) is 5.26 Å². The predicted octanol–water partition coefficient (Wildman–Crippen LogP) is 3.03. The molecule has 0 radical (unpaired) electrons. The largest absolute Gasteiger partial charge is 0.346 e. The van der Waals surface area contributed by atoms with E-state index < -0.39 is 11.7 Å². The fraction of sp³-hybridized carbons (Fsp3) is 0.0714. The lowest BCUT2D eigenvalue weighted by Gasteiger charge is -2.10. The summed E-state index contributed by atoms with van der Waals surface area (Å²) in [6.45, 7) is 0. The van der Waals surface area contributed by atoms with E-state index in [9.17, 15) is 19.2 Å². The zero-order chi connectivity index (χ0) is 15.0. The van der Waals surface area contributed by atoms with Gasteiger partial charge in [-0.3, -0.25) is 9.59 Å². The number of rotatable bonds is 2. The topological polar surface area (TPSA) is 82.0 Å². The zero-order valence-electron chi connectivity index (χ0n) is 10.6. The number of thiophene rings is 1. The molecule has 21 heavy (non-hydrogen) atoms. The molecule has 0 bridgehead atoms. The molecule has 1 amide bonds. The number of anilines is 3. The Morgan fingerprint density at radius 2 is 2.19 bits per heavy atom. The highest BCUT2D eigenvalue weighted by atomic mass is 32.1. The maximum Gasteiger partial charge on any atom is 0.232 e. The van der Waals surface area contributed by atoms with Crippen LogP contribution in [0.4, 0.5) is 20.8 Å². The van der Waals surface area contributed by atoms with Crippen molar-refractivity contribution in [2.24, 2.45) is 0 Å². The Morgan fingerprint density at radius 1 is 1.38 bits per heavy atom. The smallest absolute Gasteiger partial charge is 0.232 e. The molecule has 0 saturated heterocycles. The minimum atomic E-state index is -0.431. The van der Waals surface area contributed by atoms with Gasteiger partial charge in [0, 0.05) is 5.69 Å². The number of halogens is 1. The van der Waals surface area contributed by atoms with Crippen molar-refractivity contribution in [1.82, 2.24) is 0 Å². The van der Waals surface area contributed by atoms with Gasteiger partial charge in [-0.2, -0.15) is 5.26 Å². The molecule has 0 fully saturated rings. The van der Waals surface area contributed by atoms with Crippen LogP contribution in [0.3, 0.4) is 0 Å². The molecule has 2 aromatic rings. The third kappa shape index (κ3) is 2.37. The third-order valence-electron chi connectivity index (χ3n) is 2.94. The minimum Gasteiger partial charge on any atom is -0.346 e. The van der Waals surface area contributed by atoms with E-state index in [0.29, 0.717) is 15.6 Å². The number of fused-ring (bicyclic) bond motifs is 1. The lowest BCUT2D eigenvalue weighted by Crippen LogP contribution is -2.22. The number of carbonyl (C=O) groups is 2. The van der Waals surface area contributed by atoms with Gasteiger partial charge in [0.25, 0.3) is 0 Å². The van der Waals surface area contributed by atoms with Gasteiger partial charge in [-0.05, 0) is 18.2 Å². The van der Waals surface area contributed by atoms with E-state index in [0.717, 1.165) is 11.3 Å². The summed E-state index contributed by atoms with van der Waals surface area (Å²) in [7, 11) is 0. The van der Waals surface area contributed by atoms with Gasteiger partial charge < -0.3 is 10.6 Å². The second-order valence-electron chi connectivity index (χ2n) is 4.41. The second-order valence-corrected chi connectivity index (χ2v) is 5.43. The lowest BCUT2D eigenvalue weighted by molar-refractivity contribution is -0.115. The second kappa shape index (κ2) is 5.00. The summed E-state index contributed by atoms with van der Waals surface area (Å²) in [4.78, 5) is 23.6. The standard InChI is InChI=1S/C14H8FN3O2S/c15-7-2-1-3-8(4-7)17-14-9(6-16)12-13(21-14)10(19)5-11(20)18-12/h1-4,17H,5H2,(H,18,20). The van der Waals surface area contributed by atoms with E-state index in [4.69, 9.17) is 0 Å². The summed E-state index contributed by atoms with van der Waals surface area (Å²) in [6, 6.07) is 7.72. The highest BCUT2D eigenvalue weighted by Crippen LogP contribution is 2.41. The van der Waals surface area contributed by atoms with E-state index in [1.807, 2.05) is 6.07 Å². The first-order chi connectivity index (χ1) is 10.1. The number of nitrogens with one attached hydrogen (secondary N) is 2. The number of nitriles is 1. The Morgan fingerprint density at radius 3 is 2.90 bits per heavy atom. The number of hydrogen-bond donors (Lipinski definition) is 2. The molecule has 1 aromatic carbocycles. The average molecular weight is 301 g/mol. The highest BCUT2D eigenvalue weighted by molar-refractivity contribution is 7.19. The van der Waals surface area contributed by atoms with Crippen molar-refractivity contribution in [3.63, 3.8) is 0 Å². The predicted molar refractivity (Wildman–Crippen MR) is 76.3 cm³/mol. The molecule has 7 heteroatoms. The van der Waals surface area contributed by atoms with Crippen LogP contribution in [-0.4, -0.2) is 11.7 Å². The Labute approximate surface area is 123 Å². The highest BCUT2D eigenvalue weighted by Gasteiger charge is 2.30. The van der Waals surface area contributed by atoms with Crippen LogP contribution in [0.2, 0.25) is 0 Å². The fourth-order valence-electron chi connectivity index (χ4n) is 2.05. The third-order valence-corrected chi connectivity index (χ3v) is 4.09. The molecule has 5 nitrogen and oxygen atoms in total. The number of amides is 1. The maximum absolute atomic E-state index is 13.2. The molecule has 0 spiro atoms. The first-order valence-corrected chi connectivity index (χ1v) is 6.82. The molecule has 0 atom stereocenters. The van der Waals surface area contributed by atoms with E-state index in [1.165, 1.54) is 18.2 Å². The van der Waals surface area contributed by atoms with Gasteiger partial charge in [0.15, 0.2) is 5.78 Å². The van der Waals surface area contributed by atoms with Gasteiger partial charge in [-0.15, -0.1) is 11.3 Å². The number of hydrogen-bond acceptors (Lipinski definition) is 5. The van der Waals surface area contributed by atoms with Crippen molar-refractivity contribution in [3.05, 3.63) is 40.5 Å². The number of nitrogens with zero attached hydrogens (tertiary/aromatic N) is 1. The first kappa shape index (κ1) is 13.3. The Kier molecular flexibility index (Phi) is 3.16. The Balaban J connectivity index is 2.04. The van der Waals surface area contributed by atoms with Crippen LogP contribution in [0.5, 0.6) is 0 Å². The van der Waals surface area contributed by atoms with E-state index in [-0.39, 0.29) is 23.5 Å². The number of carbonyl (C=O) groups excluding carboxylic acids is 2. The number of ketones is 1. The Bertz CT molecular complexity index is 807. The summed E-state index contributed by atoms with van der Waals surface area (Å²) in [5, 5.41) is 15.1. The summed E-state index contributed by atoms with van der Waals surface area (Å²) < 4.78 is 13.2. The first-order valence-electron chi connectivity index (χ1n) is 6.01. The molecule has 104 valence electrons. The van der Waals surface area contributed by atoms with Crippen LogP contribution in [-0.2, 0) is 4.79 Å². The average Bonchev–Trinajstić information content (AvgIpc) is 2.76. The van der Waals surface area contributed by atoms with Crippen molar-refractivity contribution < 1.29 is 14.0 Å². The van der Waals surface area contributed by atoms with E-state index >= 15 is 0 Å². The molecule has 0 saturated carbocycles. The number of Topliss-reactive ketones (excluding diaryl/α,β-unsaturated/α-hetero) is 1. The SMILES string of the molecule is N#Cc1c(Nc2cccc(F)c2)sc2c1NC(=O)CC2=O. The quantitative estimate of drug-likeness (QED) is 0.835. The molecule has 1 aromatic heterocycles.